The number of Topliss-reactive ketones (excluding diaryl/α,β-unsaturated/α-hetero) is 1. The second-order valence-corrected chi connectivity index (χ2v) is 4.82. The van der Waals surface area contributed by atoms with Crippen LogP contribution in [-0.4, -0.2) is 10.4 Å². The van der Waals surface area contributed by atoms with E-state index in [-0.39, 0.29) is 5.78 Å². The van der Waals surface area contributed by atoms with Crippen molar-refractivity contribution in [1.29, 1.82) is 0 Å². The van der Waals surface area contributed by atoms with E-state index < -0.39 is 11.6 Å². The predicted octanol–water partition coefficient (Wildman–Crippen LogP) is 3.33. The Morgan fingerprint density at radius 2 is 2.00 bits per heavy atom. The van der Waals surface area contributed by atoms with Crippen LogP contribution in [0.3, 0.4) is 0 Å². The molecule has 2 aromatic rings. The van der Waals surface area contributed by atoms with Gasteiger partial charge in [-0.25, -0.2) is 8.78 Å². The third-order valence-corrected chi connectivity index (χ3v) is 3.55. The summed E-state index contributed by atoms with van der Waals surface area (Å²) in [5, 5.41) is 0. The van der Waals surface area contributed by atoms with E-state index in [9.17, 15) is 13.6 Å². The Hall–Kier alpha value is -1.97. The monoisotopic (exact) mass is 261 g/mol. The average molecular weight is 261 g/mol. The molecule has 0 radical (unpaired) electrons. The van der Waals surface area contributed by atoms with Gasteiger partial charge >= 0.3 is 0 Å². The highest BCUT2D eigenvalue weighted by atomic mass is 19.1. The van der Waals surface area contributed by atoms with E-state index in [1.165, 1.54) is 12.1 Å². The van der Waals surface area contributed by atoms with Gasteiger partial charge in [-0.15, -0.1) is 0 Å². The molecule has 0 aliphatic heterocycles. The van der Waals surface area contributed by atoms with Crippen molar-refractivity contribution in [3.8, 4) is 0 Å². The lowest BCUT2D eigenvalue weighted by Crippen LogP contribution is -2.14. The van der Waals surface area contributed by atoms with Crippen molar-refractivity contribution >= 4 is 5.78 Å². The highest BCUT2D eigenvalue weighted by Gasteiger charge is 2.20. The van der Waals surface area contributed by atoms with Crippen LogP contribution in [0.1, 0.15) is 34.5 Å². The summed E-state index contributed by atoms with van der Waals surface area (Å²) in [7, 11) is 0. The summed E-state index contributed by atoms with van der Waals surface area (Å²) in [5.74, 6) is -0.977. The molecule has 3 rings (SSSR count). The van der Waals surface area contributed by atoms with Gasteiger partial charge in [-0.05, 0) is 25.0 Å². The third kappa shape index (κ3) is 2.18. The van der Waals surface area contributed by atoms with Crippen molar-refractivity contribution in [2.75, 3.05) is 0 Å². The molecule has 0 fully saturated rings. The number of aromatic nitrogens is 1. The molecule has 1 aromatic heterocycles. The smallest absolute Gasteiger partial charge is 0.164 e. The molecule has 1 aromatic carbocycles. The first-order valence-corrected chi connectivity index (χ1v) is 6.30. The molecule has 0 bridgehead atoms. The molecular weight excluding hydrogens is 248 g/mol. The van der Waals surface area contributed by atoms with Gasteiger partial charge < -0.3 is 4.57 Å². The number of halogens is 2. The molecule has 19 heavy (non-hydrogen) atoms. The molecule has 2 nitrogen and oxygen atoms in total. The normalized spacial score (nSPS) is 14.5. The zero-order chi connectivity index (χ0) is 13.4. The quantitative estimate of drug-likeness (QED) is 0.812. The van der Waals surface area contributed by atoms with Crippen LogP contribution in [0.5, 0.6) is 0 Å². The van der Waals surface area contributed by atoms with E-state index in [2.05, 4.69) is 0 Å². The minimum Gasteiger partial charge on any atom is -0.346 e. The fraction of sp³-hybridized carbons (Fsp3) is 0.267. The van der Waals surface area contributed by atoms with Crippen molar-refractivity contribution < 1.29 is 13.6 Å². The van der Waals surface area contributed by atoms with Crippen molar-refractivity contribution in [3.05, 3.63) is 58.9 Å². The molecule has 0 spiro atoms. The maximum Gasteiger partial charge on any atom is 0.164 e. The number of carbonyl (C=O) groups is 1. The van der Waals surface area contributed by atoms with Crippen LogP contribution in [0.2, 0.25) is 0 Å². The standard InChI is InChI=1S/C15H13F2NO/c16-11-5-4-10(13(17)8-11)9-18-7-6-12-14(18)2-1-3-15(12)19/h4-8H,1-3,9H2. The number of fused-ring (bicyclic) bond motifs is 1. The molecular formula is C15H13F2NO. The molecule has 1 aliphatic carbocycles. The maximum absolute atomic E-state index is 13.6. The summed E-state index contributed by atoms with van der Waals surface area (Å²) < 4.78 is 28.4. The predicted molar refractivity (Wildman–Crippen MR) is 67.2 cm³/mol. The molecule has 0 atom stereocenters. The van der Waals surface area contributed by atoms with Crippen molar-refractivity contribution in [2.45, 2.75) is 25.8 Å². The summed E-state index contributed by atoms with van der Waals surface area (Å²) in [5.41, 5.74) is 2.13. The van der Waals surface area contributed by atoms with Gasteiger partial charge in [0.2, 0.25) is 0 Å². The number of carbonyl (C=O) groups excluding carboxylic acids is 1. The summed E-state index contributed by atoms with van der Waals surface area (Å²) in [4.78, 5) is 11.7. The van der Waals surface area contributed by atoms with Gasteiger partial charge in [0.1, 0.15) is 11.6 Å². The van der Waals surface area contributed by atoms with Gasteiger partial charge in [-0.3, -0.25) is 4.79 Å². The first-order valence-electron chi connectivity index (χ1n) is 6.30. The Bertz CT molecular complexity index is 646. The molecule has 0 unspecified atom stereocenters. The van der Waals surface area contributed by atoms with Crippen LogP contribution in [0.4, 0.5) is 8.78 Å². The molecule has 98 valence electrons. The van der Waals surface area contributed by atoms with Crippen molar-refractivity contribution in [2.24, 2.45) is 0 Å². The van der Waals surface area contributed by atoms with Crippen LogP contribution < -0.4 is 0 Å². The summed E-state index contributed by atoms with van der Waals surface area (Å²) >= 11 is 0. The number of hydrogen-bond donors (Lipinski definition) is 0. The molecule has 4 heteroatoms. The fourth-order valence-electron chi connectivity index (χ4n) is 2.57. The lowest BCUT2D eigenvalue weighted by atomic mass is 9.97. The van der Waals surface area contributed by atoms with Crippen LogP contribution in [-0.2, 0) is 13.0 Å². The number of ketones is 1. The first-order chi connectivity index (χ1) is 9.15. The second kappa shape index (κ2) is 4.61. The average Bonchev–Trinajstić information content (AvgIpc) is 2.78. The molecule has 0 saturated carbocycles. The van der Waals surface area contributed by atoms with Crippen LogP contribution in [0.15, 0.2) is 30.5 Å². The first kappa shape index (κ1) is 12.1. The second-order valence-electron chi connectivity index (χ2n) is 4.82. The van der Waals surface area contributed by atoms with Crippen LogP contribution in [0, 0.1) is 11.6 Å². The maximum atomic E-state index is 13.6. The highest BCUT2D eigenvalue weighted by Crippen LogP contribution is 2.23. The van der Waals surface area contributed by atoms with Gasteiger partial charge in [0, 0.05) is 35.5 Å². The minimum absolute atomic E-state index is 0.152. The SMILES string of the molecule is O=C1CCCc2c1ccn2Cc1ccc(F)cc1F. The molecule has 0 saturated heterocycles. The Labute approximate surface area is 109 Å². The third-order valence-electron chi connectivity index (χ3n) is 3.55. The van der Waals surface area contributed by atoms with Gasteiger partial charge in [-0.1, -0.05) is 6.07 Å². The number of nitrogens with zero attached hydrogens (tertiary/aromatic N) is 1. The van der Waals surface area contributed by atoms with Gasteiger partial charge in [0.15, 0.2) is 5.78 Å². The summed E-state index contributed by atoms with van der Waals surface area (Å²) in [6.45, 7) is 0.328. The lowest BCUT2D eigenvalue weighted by molar-refractivity contribution is 0.0972. The molecule has 1 heterocycles. The largest absolute Gasteiger partial charge is 0.346 e. The summed E-state index contributed by atoms with van der Waals surface area (Å²) in [6.07, 6.45) is 4.05. The van der Waals surface area contributed by atoms with Gasteiger partial charge in [0.25, 0.3) is 0 Å². The van der Waals surface area contributed by atoms with E-state index >= 15 is 0 Å². The van der Waals surface area contributed by atoms with E-state index in [4.69, 9.17) is 0 Å². The van der Waals surface area contributed by atoms with E-state index in [0.29, 0.717) is 18.5 Å². The van der Waals surface area contributed by atoms with Gasteiger partial charge in [-0.2, -0.15) is 0 Å². The molecule has 0 N–H and O–H groups in total. The Kier molecular flexibility index (Phi) is 2.93. The van der Waals surface area contributed by atoms with E-state index in [0.717, 1.165) is 30.2 Å². The topological polar surface area (TPSA) is 22.0 Å². The summed E-state index contributed by atoms with van der Waals surface area (Å²) in [6, 6.07) is 5.37. The highest BCUT2D eigenvalue weighted by molar-refractivity contribution is 5.98. The number of benzene rings is 1. The fourth-order valence-corrected chi connectivity index (χ4v) is 2.57. The van der Waals surface area contributed by atoms with E-state index in [1.807, 2.05) is 4.57 Å². The zero-order valence-corrected chi connectivity index (χ0v) is 10.3. The minimum atomic E-state index is -0.578. The van der Waals surface area contributed by atoms with Crippen molar-refractivity contribution in [3.63, 3.8) is 0 Å². The number of hydrogen-bond acceptors (Lipinski definition) is 1. The van der Waals surface area contributed by atoms with E-state index in [1.54, 1.807) is 12.3 Å². The Balaban J connectivity index is 1.94. The van der Waals surface area contributed by atoms with Crippen LogP contribution in [0.25, 0.3) is 0 Å². The Morgan fingerprint density at radius 3 is 2.79 bits per heavy atom. The van der Waals surface area contributed by atoms with Crippen molar-refractivity contribution in [1.82, 2.24) is 4.57 Å². The van der Waals surface area contributed by atoms with Crippen LogP contribution >= 0.6 is 0 Å². The Morgan fingerprint density at radius 1 is 1.16 bits per heavy atom. The van der Waals surface area contributed by atoms with Gasteiger partial charge in [0.05, 0.1) is 6.54 Å². The lowest BCUT2D eigenvalue weighted by Gasteiger charge is -2.15. The zero-order valence-electron chi connectivity index (χ0n) is 10.3. The molecule has 0 amide bonds. The molecule has 1 aliphatic rings. The number of rotatable bonds is 2.